The van der Waals surface area contributed by atoms with E-state index in [9.17, 15) is 14.4 Å². The van der Waals surface area contributed by atoms with Crippen LogP contribution in [0.1, 0.15) is 26.3 Å². The van der Waals surface area contributed by atoms with Crippen molar-refractivity contribution in [3.63, 3.8) is 0 Å². The Hall–Kier alpha value is -2.75. The zero-order chi connectivity index (χ0) is 22.8. The summed E-state index contributed by atoms with van der Waals surface area (Å²) in [5.41, 5.74) is 0.870. The van der Waals surface area contributed by atoms with Crippen LogP contribution in [0, 0.1) is 0 Å². The Bertz CT molecular complexity index is 749. The first-order valence-corrected chi connectivity index (χ1v) is 9.83. The molecule has 9 nitrogen and oxygen atoms in total. The van der Waals surface area contributed by atoms with E-state index in [4.69, 9.17) is 28.4 Å². The number of hydrogen-bond donors (Lipinski definition) is 0. The van der Waals surface area contributed by atoms with Crippen molar-refractivity contribution in [2.24, 2.45) is 0 Å². The Morgan fingerprint density at radius 2 is 1.58 bits per heavy atom. The summed E-state index contributed by atoms with van der Waals surface area (Å²) in [5.74, 6) is -1.72. The van der Waals surface area contributed by atoms with E-state index in [1.54, 1.807) is 0 Å². The summed E-state index contributed by atoms with van der Waals surface area (Å²) in [7, 11) is 0. The van der Waals surface area contributed by atoms with Gasteiger partial charge in [0.2, 0.25) is 0 Å². The first-order valence-electron chi connectivity index (χ1n) is 9.83. The van der Waals surface area contributed by atoms with E-state index in [-0.39, 0.29) is 19.8 Å². The van der Waals surface area contributed by atoms with E-state index in [1.165, 1.54) is 26.8 Å². The average Bonchev–Trinajstić information content (AvgIpc) is 2.71. The zero-order valence-electron chi connectivity index (χ0n) is 17.9. The van der Waals surface area contributed by atoms with E-state index in [2.05, 4.69) is 6.58 Å². The number of carbonyl (C=O) groups excluding carboxylic acids is 3. The highest BCUT2D eigenvalue weighted by molar-refractivity contribution is 5.67. The molecule has 9 heteroatoms. The standard InChI is InChI=1S/C22H28O9/c1-5-11-26-20-19(29-15(3)24)18(13-27-14(2)23)31-22(21(20)30-16(4)25)28-12-17-9-7-6-8-10-17/h5-10,18-22H,1,11-13H2,2-4H3/t18-,19-,20+,21-,22-/m1/s1. The molecule has 1 aromatic carbocycles. The average molecular weight is 436 g/mol. The van der Waals surface area contributed by atoms with Crippen LogP contribution >= 0.6 is 0 Å². The van der Waals surface area contributed by atoms with Crippen LogP contribution in [0.25, 0.3) is 0 Å². The third kappa shape index (κ3) is 7.78. The van der Waals surface area contributed by atoms with Gasteiger partial charge in [0.15, 0.2) is 18.5 Å². The molecule has 1 fully saturated rings. The number of rotatable bonds is 10. The predicted molar refractivity (Wildman–Crippen MR) is 108 cm³/mol. The van der Waals surface area contributed by atoms with Crippen molar-refractivity contribution in [3.8, 4) is 0 Å². The fraction of sp³-hybridized carbons (Fsp3) is 0.500. The van der Waals surface area contributed by atoms with Crippen molar-refractivity contribution in [2.75, 3.05) is 13.2 Å². The maximum Gasteiger partial charge on any atom is 0.303 e. The Labute approximate surface area is 181 Å². The summed E-state index contributed by atoms with van der Waals surface area (Å²) in [5, 5.41) is 0. The Balaban J connectivity index is 2.32. The summed E-state index contributed by atoms with van der Waals surface area (Å²) in [6.45, 7) is 7.38. The molecule has 1 saturated heterocycles. The summed E-state index contributed by atoms with van der Waals surface area (Å²) >= 11 is 0. The lowest BCUT2D eigenvalue weighted by Crippen LogP contribution is -2.62. The third-order valence-corrected chi connectivity index (χ3v) is 4.31. The van der Waals surface area contributed by atoms with Crippen LogP contribution in [0.5, 0.6) is 0 Å². The monoisotopic (exact) mass is 436 g/mol. The maximum atomic E-state index is 11.8. The topological polar surface area (TPSA) is 107 Å². The minimum atomic E-state index is -1.06. The Kier molecular flexibility index (Phi) is 9.64. The third-order valence-electron chi connectivity index (χ3n) is 4.31. The second-order valence-corrected chi connectivity index (χ2v) is 6.88. The van der Waals surface area contributed by atoms with Gasteiger partial charge in [-0.2, -0.15) is 0 Å². The van der Waals surface area contributed by atoms with E-state index >= 15 is 0 Å². The summed E-state index contributed by atoms with van der Waals surface area (Å²) < 4.78 is 33.6. The molecule has 5 atom stereocenters. The highest BCUT2D eigenvalue weighted by Gasteiger charge is 2.51. The lowest BCUT2D eigenvalue weighted by molar-refractivity contribution is -0.313. The summed E-state index contributed by atoms with van der Waals surface area (Å²) in [4.78, 5) is 34.9. The highest BCUT2D eigenvalue weighted by Crippen LogP contribution is 2.30. The van der Waals surface area contributed by atoms with Gasteiger partial charge in [-0.05, 0) is 5.56 Å². The molecule has 1 aromatic rings. The minimum Gasteiger partial charge on any atom is -0.463 e. The van der Waals surface area contributed by atoms with Crippen LogP contribution in [0.3, 0.4) is 0 Å². The van der Waals surface area contributed by atoms with Crippen LogP contribution in [-0.2, 0) is 49.4 Å². The molecule has 0 bridgehead atoms. The number of esters is 3. The number of benzene rings is 1. The van der Waals surface area contributed by atoms with Crippen molar-refractivity contribution < 1.29 is 42.8 Å². The maximum absolute atomic E-state index is 11.8. The lowest BCUT2D eigenvalue weighted by atomic mass is 9.98. The molecule has 0 N–H and O–H groups in total. The van der Waals surface area contributed by atoms with Gasteiger partial charge in [-0.1, -0.05) is 36.4 Å². The first kappa shape index (κ1) is 24.5. The fourth-order valence-corrected chi connectivity index (χ4v) is 3.12. The van der Waals surface area contributed by atoms with Crippen LogP contribution in [0.4, 0.5) is 0 Å². The minimum absolute atomic E-state index is 0.0892. The number of hydrogen-bond acceptors (Lipinski definition) is 9. The molecule has 0 spiro atoms. The molecule has 170 valence electrons. The van der Waals surface area contributed by atoms with Crippen molar-refractivity contribution in [3.05, 3.63) is 48.6 Å². The van der Waals surface area contributed by atoms with Gasteiger partial charge in [0.25, 0.3) is 0 Å². The van der Waals surface area contributed by atoms with E-state index in [1.807, 2.05) is 30.3 Å². The van der Waals surface area contributed by atoms with Gasteiger partial charge in [0.05, 0.1) is 13.2 Å². The van der Waals surface area contributed by atoms with Crippen LogP contribution in [0.15, 0.2) is 43.0 Å². The summed E-state index contributed by atoms with van der Waals surface area (Å²) in [6.07, 6.45) is -3.47. The molecular weight excluding hydrogens is 408 g/mol. The number of ether oxygens (including phenoxy) is 6. The molecule has 1 aliphatic heterocycles. The second kappa shape index (κ2) is 12.2. The molecule has 0 radical (unpaired) electrons. The van der Waals surface area contributed by atoms with Crippen molar-refractivity contribution in [2.45, 2.75) is 58.1 Å². The number of carbonyl (C=O) groups is 3. The normalized spacial score (nSPS) is 25.3. The van der Waals surface area contributed by atoms with Crippen molar-refractivity contribution >= 4 is 17.9 Å². The van der Waals surface area contributed by atoms with E-state index < -0.39 is 48.6 Å². The molecule has 0 aromatic heterocycles. The van der Waals surface area contributed by atoms with Gasteiger partial charge >= 0.3 is 17.9 Å². The molecule has 2 rings (SSSR count). The van der Waals surface area contributed by atoms with Gasteiger partial charge in [-0.25, -0.2) is 0 Å². The molecule has 0 unspecified atom stereocenters. The molecule has 0 amide bonds. The van der Waals surface area contributed by atoms with Crippen LogP contribution in [-0.4, -0.2) is 61.8 Å². The van der Waals surface area contributed by atoms with E-state index in [0.717, 1.165) is 5.56 Å². The quantitative estimate of drug-likeness (QED) is 0.309. The lowest BCUT2D eigenvalue weighted by Gasteiger charge is -2.44. The van der Waals surface area contributed by atoms with Crippen LogP contribution in [0.2, 0.25) is 0 Å². The SMILES string of the molecule is C=CCO[C@@H]1[C@@H](OC(C)=O)[C@H](OCc2ccccc2)O[C@H](COC(C)=O)[C@H]1OC(C)=O. The summed E-state index contributed by atoms with van der Waals surface area (Å²) in [6, 6.07) is 9.33. The molecule has 1 heterocycles. The Morgan fingerprint density at radius 3 is 2.16 bits per heavy atom. The largest absolute Gasteiger partial charge is 0.463 e. The van der Waals surface area contributed by atoms with Crippen molar-refractivity contribution in [1.29, 1.82) is 0 Å². The predicted octanol–water partition coefficient (Wildman–Crippen LogP) is 1.93. The van der Waals surface area contributed by atoms with Gasteiger partial charge in [0.1, 0.15) is 18.8 Å². The van der Waals surface area contributed by atoms with Crippen LogP contribution < -0.4 is 0 Å². The Morgan fingerprint density at radius 1 is 0.935 bits per heavy atom. The fourth-order valence-electron chi connectivity index (χ4n) is 3.12. The first-order chi connectivity index (χ1) is 14.8. The van der Waals surface area contributed by atoms with Gasteiger partial charge in [-0.15, -0.1) is 6.58 Å². The van der Waals surface area contributed by atoms with Gasteiger partial charge in [0, 0.05) is 20.8 Å². The van der Waals surface area contributed by atoms with Gasteiger partial charge in [-0.3, -0.25) is 14.4 Å². The van der Waals surface area contributed by atoms with Gasteiger partial charge < -0.3 is 28.4 Å². The molecule has 1 aliphatic rings. The zero-order valence-corrected chi connectivity index (χ0v) is 17.9. The highest BCUT2D eigenvalue weighted by atomic mass is 16.7. The smallest absolute Gasteiger partial charge is 0.303 e. The molecule has 0 aliphatic carbocycles. The van der Waals surface area contributed by atoms with Crippen molar-refractivity contribution in [1.82, 2.24) is 0 Å². The molecule has 0 saturated carbocycles. The molecule has 31 heavy (non-hydrogen) atoms. The van der Waals surface area contributed by atoms with E-state index in [0.29, 0.717) is 0 Å². The second-order valence-electron chi connectivity index (χ2n) is 6.88. The molecular formula is C22H28O9.